The van der Waals surface area contributed by atoms with E-state index in [-0.39, 0.29) is 35.3 Å². The Morgan fingerprint density at radius 3 is 2.50 bits per heavy atom. The van der Waals surface area contributed by atoms with Gasteiger partial charge in [0.2, 0.25) is 0 Å². The maximum Gasteiger partial charge on any atom is 1.00 e. The monoisotopic (exact) mass is 121 g/mol. The standard InChI is InChI=1S/C3H5N3O.Na/c1-3(7)2-5-6-4;/h2,7H,1H3;/q;+1/p-1/b3-2+;. The second-order valence-corrected chi connectivity index (χ2v) is 0.945. The Kier molecular flexibility index (Phi) is 9.22. The molecule has 0 aromatic rings. The minimum Gasteiger partial charge on any atom is -0.876 e. The Hall–Kier alpha value is -0.150. The third-order valence-electron chi connectivity index (χ3n) is 0.291. The van der Waals surface area contributed by atoms with Crippen LogP contribution in [-0.2, 0) is 0 Å². The van der Waals surface area contributed by atoms with Crippen LogP contribution in [0, 0.1) is 0 Å². The van der Waals surface area contributed by atoms with Crippen LogP contribution in [0.2, 0.25) is 0 Å². The molecule has 0 saturated heterocycles. The SMILES string of the molecule is C/C([O-])=C\N=[N+]=[N-].[Na+]. The van der Waals surface area contributed by atoms with Crippen molar-refractivity contribution in [3.8, 4) is 0 Å². The second kappa shape index (κ2) is 6.85. The van der Waals surface area contributed by atoms with E-state index in [1.54, 1.807) is 0 Å². The van der Waals surface area contributed by atoms with E-state index in [1.165, 1.54) is 6.92 Å². The van der Waals surface area contributed by atoms with Crippen LogP contribution in [0.15, 0.2) is 17.1 Å². The molecule has 8 heavy (non-hydrogen) atoms. The number of nitrogens with zero attached hydrogens (tertiary/aromatic N) is 3. The number of hydrogen-bond donors (Lipinski definition) is 0. The Bertz CT molecular complexity index is 122. The van der Waals surface area contributed by atoms with Crippen molar-refractivity contribution in [2.75, 3.05) is 0 Å². The van der Waals surface area contributed by atoms with Gasteiger partial charge < -0.3 is 5.11 Å². The molecule has 4 nitrogen and oxygen atoms in total. The largest absolute Gasteiger partial charge is 1.00 e. The summed E-state index contributed by atoms with van der Waals surface area (Å²) >= 11 is 0. The predicted molar refractivity (Wildman–Crippen MR) is 22.9 cm³/mol. The first kappa shape index (κ1) is 10.8. The average Bonchev–Trinajstić information content (AvgIpc) is 1.61. The van der Waals surface area contributed by atoms with Gasteiger partial charge in [-0.25, -0.2) is 0 Å². The van der Waals surface area contributed by atoms with Gasteiger partial charge in [-0.1, -0.05) is 12.0 Å². The van der Waals surface area contributed by atoms with Crippen molar-refractivity contribution >= 4 is 0 Å². The fraction of sp³-hybridized carbons (Fsp3) is 0.333. The van der Waals surface area contributed by atoms with Crippen LogP contribution in [-0.4, -0.2) is 0 Å². The van der Waals surface area contributed by atoms with E-state index in [9.17, 15) is 5.11 Å². The first-order valence-electron chi connectivity index (χ1n) is 1.65. The van der Waals surface area contributed by atoms with E-state index in [4.69, 9.17) is 5.53 Å². The molecule has 0 spiro atoms. The maximum absolute atomic E-state index is 9.88. The molecule has 0 aromatic heterocycles. The third-order valence-corrected chi connectivity index (χ3v) is 0.291. The summed E-state index contributed by atoms with van der Waals surface area (Å²) in [5.41, 5.74) is 7.59. The molecule has 0 aliphatic rings. The zero-order valence-corrected chi connectivity index (χ0v) is 6.83. The van der Waals surface area contributed by atoms with E-state index in [2.05, 4.69) is 10.0 Å². The molecule has 0 amide bonds. The molecule has 0 unspecified atom stereocenters. The van der Waals surface area contributed by atoms with Crippen molar-refractivity contribution < 1.29 is 34.7 Å². The molecule has 5 heteroatoms. The van der Waals surface area contributed by atoms with Gasteiger partial charge in [-0.2, -0.15) is 0 Å². The first-order valence-corrected chi connectivity index (χ1v) is 1.65. The molecular formula is C3H4N3NaO. The minimum atomic E-state index is -0.238. The summed E-state index contributed by atoms with van der Waals surface area (Å²) in [6, 6.07) is 0. The van der Waals surface area contributed by atoms with Gasteiger partial charge in [-0.3, -0.25) is 0 Å². The quantitative estimate of drug-likeness (QED) is 0.124. The van der Waals surface area contributed by atoms with Crippen molar-refractivity contribution in [1.29, 1.82) is 0 Å². The van der Waals surface area contributed by atoms with Crippen molar-refractivity contribution in [1.82, 2.24) is 0 Å². The smallest absolute Gasteiger partial charge is 0.876 e. The van der Waals surface area contributed by atoms with E-state index in [0.29, 0.717) is 0 Å². The molecular weight excluding hydrogens is 117 g/mol. The second-order valence-electron chi connectivity index (χ2n) is 0.945. The first-order chi connectivity index (χ1) is 3.27. The van der Waals surface area contributed by atoms with Gasteiger partial charge in [0.05, 0.1) is 0 Å². The van der Waals surface area contributed by atoms with E-state index < -0.39 is 0 Å². The molecule has 0 fully saturated rings. The molecule has 0 saturated carbocycles. The minimum absolute atomic E-state index is 0. The van der Waals surface area contributed by atoms with Crippen molar-refractivity contribution in [2.24, 2.45) is 5.11 Å². The summed E-state index contributed by atoms with van der Waals surface area (Å²) in [5.74, 6) is -0.238. The Balaban J connectivity index is 0. The van der Waals surface area contributed by atoms with Crippen molar-refractivity contribution in [3.05, 3.63) is 22.4 Å². The van der Waals surface area contributed by atoms with Crippen LogP contribution in [0.4, 0.5) is 0 Å². The molecule has 0 radical (unpaired) electrons. The van der Waals surface area contributed by atoms with Gasteiger partial charge >= 0.3 is 29.6 Å². The third kappa shape index (κ3) is 9.28. The summed E-state index contributed by atoms with van der Waals surface area (Å²) in [6.07, 6.45) is 0.917. The van der Waals surface area contributed by atoms with E-state index in [1.807, 2.05) is 0 Å². The van der Waals surface area contributed by atoms with Gasteiger partial charge in [0, 0.05) is 4.91 Å². The van der Waals surface area contributed by atoms with Gasteiger partial charge in [-0.15, -0.1) is 5.76 Å². The van der Waals surface area contributed by atoms with Crippen molar-refractivity contribution in [3.63, 3.8) is 0 Å². The number of hydrogen-bond acceptors (Lipinski definition) is 2. The van der Waals surface area contributed by atoms with Crippen LogP contribution >= 0.6 is 0 Å². The molecule has 0 rings (SSSR count). The summed E-state index contributed by atoms with van der Waals surface area (Å²) < 4.78 is 0. The van der Waals surface area contributed by atoms with Gasteiger partial charge in [-0.05, 0) is 11.7 Å². The zero-order valence-electron chi connectivity index (χ0n) is 4.83. The van der Waals surface area contributed by atoms with Crippen LogP contribution in [0.1, 0.15) is 6.92 Å². The molecule has 0 aromatic carbocycles. The molecule has 0 bridgehead atoms. The summed E-state index contributed by atoms with van der Waals surface area (Å²) in [7, 11) is 0. The van der Waals surface area contributed by atoms with Gasteiger partial charge in [0.1, 0.15) is 0 Å². The Morgan fingerprint density at radius 2 is 2.38 bits per heavy atom. The fourth-order valence-corrected chi connectivity index (χ4v) is 0.107. The van der Waals surface area contributed by atoms with E-state index in [0.717, 1.165) is 6.20 Å². The Morgan fingerprint density at radius 1 is 1.88 bits per heavy atom. The molecule has 0 atom stereocenters. The summed E-state index contributed by atoms with van der Waals surface area (Å²) in [5, 5.41) is 12.8. The molecule has 38 valence electrons. The van der Waals surface area contributed by atoms with Crippen LogP contribution in [0.5, 0.6) is 0 Å². The van der Waals surface area contributed by atoms with Crippen LogP contribution in [0.25, 0.3) is 10.4 Å². The molecule has 0 aliphatic heterocycles. The Labute approximate surface area is 69.1 Å². The normalized spacial score (nSPS) is 8.88. The molecule has 0 heterocycles. The maximum atomic E-state index is 9.88. The average molecular weight is 121 g/mol. The molecule has 0 N–H and O–H groups in total. The van der Waals surface area contributed by atoms with Crippen LogP contribution < -0.4 is 34.7 Å². The summed E-state index contributed by atoms with van der Waals surface area (Å²) in [6.45, 7) is 1.31. The predicted octanol–water partition coefficient (Wildman–Crippen LogP) is -2.48. The zero-order chi connectivity index (χ0) is 5.70. The number of allylic oxidation sites excluding steroid dienone is 1. The van der Waals surface area contributed by atoms with Crippen LogP contribution in [0.3, 0.4) is 0 Å². The van der Waals surface area contributed by atoms with Crippen molar-refractivity contribution in [2.45, 2.75) is 6.92 Å². The summed E-state index contributed by atoms with van der Waals surface area (Å²) in [4.78, 5) is 2.32. The van der Waals surface area contributed by atoms with E-state index >= 15 is 0 Å². The topological polar surface area (TPSA) is 71.8 Å². The molecule has 0 aliphatic carbocycles. The number of rotatable bonds is 1. The van der Waals surface area contributed by atoms with Gasteiger partial charge in [0.15, 0.2) is 0 Å². The van der Waals surface area contributed by atoms with Gasteiger partial charge in [0.25, 0.3) is 0 Å². The fourth-order valence-electron chi connectivity index (χ4n) is 0.107. The number of azide groups is 1.